The molecule has 19 heavy (non-hydrogen) atoms. The average Bonchev–Trinajstić information content (AvgIpc) is 2.86. The SMILES string of the molecule is CC1CC(C(NN)c2cccc3c2OCCC3)CO1. The van der Waals surface area contributed by atoms with Gasteiger partial charge in [-0.3, -0.25) is 11.3 Å². The van der Waals surface area contributed by atoms with Crippen LogP contribution in [0.25, 0.3) is 0 Å². The van der Waals surface area contributed by atoms with Gasteiger partial charge in [0.2, 0.25) is 0 Å². The van der Waals surface area contributed by atoms with Crippen molar-refractivity contribution in [3.05, 3.63) is 29.3 Å². The molecule has 0 bridgehead atoms. The second kappa shape index (κ2) is 5.49. The summed E-state index contributed by atoms with van der Waals surface area (Å²) in [7, 11) is 0. The summed E-state index contributed by atoms with van der Waals surface area (Å²) in [6.07, 6.45) is 3.55. The summed E-state index contributed by atoms with van der Waals surface area (Å²) in [4.78, 5) is 0. The quantitative estimate of drug-likeness (QED) is 0.645. The molecule has 0 amide bonds. The molecule has 1 aromatic rings. The van der Waals surface area contributed by atoms with Gasteiger partial charge in [0.05, 0.1) is 25.4 Å². The number of para-hydroxylation sites is 1. The summed E-state index contributed by atoms with van der Waals surface area (Å²) < 4.78 is 11.6. The molecule has 104 valence electrons. The highest BCUT2D eigenvalue weighted by Crippen LogP contribution is 2.38. The van der Waals surface area contributed by atoms with Crippen LogP contribution >= 0.6 is 0 Å². The lowest BCUT2D eigenvalue weighted by molar-refractivity contribution is 0.116. The fraction of sp³-hybridized carbons (Fsp3) is 0.600. The minimum absolute atomic E-state index is 0.109. The number of hydrazine groups is 1. The van der Waals surface area contributed by atoms with Gasteiger partial charge in [0.25, 0.3) is 0 Å². The van der Waals surface area contributed by atoms with Crippen LogP contribution in [0.3, 0.4) is 0 Å². The van der Waals surface area contributed by atoms with Crippen molar-refractivity contribution in [2.24, 2.45) is 11.8 Å². The fourth-order valence-electron chi connectivity index (χ4n) is 3.22. The summed E-state index contributed by atoms with van der Waals surface area (Å²) >= 11 is 0. The lowest BCUT2D eigenvalue weighted by Gasteiger charge is -2.27. The maximum Gasteiger partial charge on any atom is 0.127 e. The third-order valence-corrected chi connectivity index (χ3v) is 4.18. The van der Waals surface area contributed by atoms with Crippen molar-refractivity contribution in [1.29, 1.82) is 0 Å². The average molecular weight is 262 g/mol. The highest BCUT2D eigenvalue weighted by Gasteiger charge is 2.32. The standard InChI is InChI=1S/C15H22N2O2/c1-10-8-12(9-19-10)14(17-16)13-6-2-4-11-5-3-7-18-15(11)13/h2,4,6,10,12,14,17H,3,5,7-9,16H2,1H3. The number of ether oxygens (including phenoxy) is 2. The molecule has 2 heterocycles. The highest BCUT2D eigenvalue weighted by atomic mass is 16.5. The second-order valence-corrected chi connectivity index (χ2v) is 5.57. The minimum Gasteiger partial charge on any atom is -0.493 e. The summed E-state index contributed by atoms with van der Waals surface area (Å²) in [5, 5.41) is 0. The van der Waals surface area contributed by atoms with E-state index in [2.05, 4.69) is 30.5 Å². The van der Waals surface area contributed by atoms with Gasteiger partial charge < -0.3 is 9.47 Å². The van der Waals surface area contributed by atoms with Crippen molar-refractivity contribution in [3.8, 4) is 5.75 Å². The minimum atomic E-state index is 0.109. The van der Waals surface area contributed by atoms with Crippen LogP contribution in [-0.4, -0.2) is 19.3 Å². The Hall–Kier alpha value is -1.10. The summed E-state index contributed by atoms with van der Waals surface area (Å²) in [6, 6.07) is 6.49. The molecule has 0 aliphatic carbocycles. The van der Waals surface area contributed by atoms with Gasteiger partial charge in [-0.1, -0.05) is 18.2 Å². The molecule has 1 fully saturated rings. The maximum absolute atomic E-state index is 5.89. The van der Waals surface area contributed by atoms with Crippen LogP contribution < -0.4 is 16.0 Å². The number of nitrogens with one attached hydrogen (secondary N) is 1. The van der Waals surface area contributed by atoms with Gasteiger partial charge in [-0.15, -0.1) is 0 Å². The van der Waals surface area contributed by atoms with Gasteiger partial charge in [0.1, 0.15) is 5.75 Å². The van der Waals surface area contributed by atoms with Gasteiger partial charge in [-0.05, 0) is 31.7 Å². The molecule has 4 nitrogen and oxygen atoms in total. The molecule has 0 saturated carbocycles. The van der Waals surface area contributed by atoms with Crippen LogP contribution in [0.15, 0.2) is 18.2 Å². The van der Waals surface area contributed by atoms with Crippen LogP contribution in [-0.2, 0) is 11.2 Å². The summed E-state index contributed by atoms with van der Waals surface area (Å²) in [5.41, 5.74) is 5.46. The molecular weight excluding hydrogens is 240 g/mol. The van der Waals surface area contributed by atoms with E-state index in [1.807, 2.05) is 0 Å². The molecule has 4 heteroatoms. The number of aryl methyl sites for hydroxylation is 1. The van der Waals surface area contributed by atoms with E-state index in [1.54, 1.807) is 0 Å². The van der Waals surface area contributed by atoms with E-state index in [0.29, 0.717) is 12.0 Å². The smallest absolute Gasteiger partial charge is 0.127 e. The van der Waals surface area contributed by atoms with Crippen molar-refractivity contribution in [1.82, 2.24) is 5.43 Å². The molecule has 2 aliphatic heterocycles. The van der Waals surface area contributed by atoms with Gasteiger partial charge in [0.15, 0.2) is 0 Å². The van der Waals surface area contributed by atoms with E-state index in [1.165, 1.54) is 11.1 Å². The Kier molecular flexibility index (Phi) is 3.73. The number of benzene rings is 1. The van der Waals surface area contributed by atoms with Crippen molar-refractivity contribution in [2.75, 3.05) is 13.2 Å². The predicted molar refractivity (Wildman–Crippen MR) is 73.8 cm³/mol. The van der Waals surface area contributed by atoms with Gasteiger partial charge in [-0.25, -0.2) is 0 Å². The van der Waals surface area contributed by atoms with Crippen LogP contribution in [0.1, 0.15) is 36.9 Å². The van der Waals surface area contributed by atoms with Crippen LogP contribution in [0, 0.1) is 5.92 Å². The highest BCUT2D eigenvalue weighted by molar-refractivity contribution is 5.44. The number of rotatable bonds is 3. The first-order valence-corrected chi connectivity index (χ1v) is 7.12. The Bertz CT molecular complexity index is 450. The summed E-state index contributed by atoms with van der Waals surface area (Å²) in [6.45, 7) is 3.68. The Morgan fingerprint density at radius 2 is 2.32 bits per heavy atom. The molecule has 1 saturated heterocycles. The first-order valence-electron chi connectivity index (χ1n) is 7.12. The van der Waals surface area contributed by atoms with E-state index in [0.717, 1.165) is 38.2 Å². The molecule has 0 spiro atoms. The zero-order chi connectivity index (χ0) is 13.2. The van der Waals surface area contributed by atoms with E-state index < -0.39 is 0 Å². The van der Waals surface area contributed by atoms with Gasteiger partial charge in [-0.2, -0.15) is 0 Å². The first-order chi connectivity index (χ1) is 9.29. The Balaban J connectivity index is 1.91. The van der Waals surface area contributed by atoms with E-state index in [-0.39, 0.29) is 6.04 Å². The van der Waals surface area contributed by atoms with E-state index in [9.17, 15) is 0 Å². The normalized spacial score (nSPS) is 27.7. The van der Waals surface area contributed by atoms with Crippen molar-refractivity contribution in [3.63, 3.8) is 0 Å². The predicted octanol–water partition coefficient (Wildman–Crippen LogP) is 1.94. The Morgan fingerprint density at radius 1 is 1.42 bits per heavy atom. The van der Waals surface area contributed by atoms with Crippen molar-refractivity contribution >= 4 is 0 Å². The largest absolute Gasteiger partial charge is 0.493 e. The molecule has 0 aromatic heterocycles. The molecule has 3 rings (SSSR count). The number of hydrogen-bond donors (Lipinski definition) is 2. The third-order valence-electron chi connectivity index (χ3n) is 4.18. The Morgan fingerprint density at radius 3 is 3.05 bits per heavy atom. The molecule has 0 radical (unpaired) electrons. The molecule has 2 aliphatic rings. The lowest BCUT2D eigenvalue weighted by atomic mass is 9.89. The van der Waals surface area contributed by atoms with Gasteiger partial charge >= 0.3 is 0 Å². The van der Waals surface area contributed by atoms with Crippen LogP contribution in [0.2, 0.25) is 0 Å². The van der Waals surface area contributed by atoms with E-state index >= 15 is 0 Å². The van der Waals surface area contributed by atoms with Gasteiger partial charge in [0, 0.05) is 11.5 Å². The van der Waals surface area contributed by atoms with Crippen molar-refractivity contribution in [2.45, 2.75) is 38.3 Å². The zero-order valence-corrected chi connectivity index (χ0v) is 11.4. The number of hydrogen-bond acceptors (Lipinski definition) is 4. The van der Waals surface area contributed by atoms with Crippen LogP contribution in [0.4, 0.5) is 0 Å². The molecule has 3 N–H and O–H groups in total. The zero-order valence-electron chi connectivity index (χ0n) is 11.4. The topological polar surface area (TPSA) is 56.5 Å². The number of fused-ring (bicyclic) bond motifs is 1. The first kappa shape index (κ1) is 12.9. The second-order valence-electron chi connectivity index (χ2n) is 5.57. The Labute approximate surface area is 114 Å². The lowest BCUT2D eigenvalue weighted by Crippen LogP contribution is -2.34. The third kappa shape index (κ3) is 2.48. The fourth-order valence-corrected chi connectivity index (χ4v) is 3.22. The van der Waals surface area contributed by atoms with E-state index in [4.69, 9.17) is 15.3 Å². The van der Waals surface area contributed by atoms with Crippen LogP contribution in [0.5, 0.6) is 5.75 Å². The van der Waals surface area contributed by atoms with Crippen molar-refractivity contribution < 1.29 is 9.47 Å². The summed E-state index contributed by atoms with van der Waals surface area (Å²) in [5.74, 6) is 7.25. The molecule has 1 aromatic carbocycles. The monoisotopic (exact) mass is 262 g/mol. The molecule has 3 unspecified atom stereocenters. The molecule has 3 atom stereocenters. The maximum atomic E-state index is 5.89. The molecular formula is C15H22N2O2. The number of nitrogens with two attached hydrogens (primary N) is 1.